The normalized spacial score (nSPS) is 15.2. The number of hydrogen-bond acceptors (Lipinski definition) is 7. The fraction of sp³-hybridized carbons (Fsp3) is 0.150. The number of halogens is 1. The molecule has 0 radical (unpaired) electrons. The highest BCUT2D eigenvalue weighted by Gasteiger charge is 2.20. The summed E-state index contributed by atoms with van der Waals surface area (Å²) in [7, 11) is 0. The Balaban J connectivity index is 1.67. The molecule has 1 aliphatic carbocycles. The third kappa shape index (κ3) is 3.50. The van der Waals surface area contributed by atoms with Gasteiger partial charge in [0.15, 0.2) is 22.9 Å². The van der Waals surface area contributed by atoms with Crippen molar-refractivity contribution >= 4 is 34.8 Å². The zero-order valence-corrected chi connectivity index (χ0v) is 16.3. The van der Waals surface area contributed by atoms with Crippen LogP contribution in [0.3, 0.4) is 0 Å². The van der Waals surface area contributed by atoms with Gasteiger partial charge in [-0.25, -0.2) is 4.98 Å². The van der Waals surface area contributed by atoms with Gasteiger partial charge >= 0.3 is 0 Å². The third-order valence-electron chi connectivity index (χ3n) is 4.68. The van der Waals surface area contributed by atoms with Crippen molar-refractivity contribution in [1.29, 1.82) is 0 Å². The molecule has 30 heavy (non-hydrogen) atoms. The first kappa shape index (κ1) is 18.3. The number of phenols is 1. The molecule has 152 valence electrons. The maximum absolute atomic E-state index is 9.93. The number of fused-ring (bicyclic) bond motifs is 1. The van der Waals surface area contributed by atoms with Gasteiger partial charge in [-0.1, -0.05) is 11.6 Å². The van der Waals surface area contributed by atoms with Crippen molar-refractivity contribution < 1.29 is 15.3 Å². The fourth-order valence-electron chi connectivity index (χ4n) is 3.08. The van der Waals surface area contributed by atoms with Crippen molar-refractivity contribution in [3.05, 3.63) is 57.8 Å². The highest BCUT2D eigenvalue weighted by atomic mass is 35.5. The first-order chi connectivity index (χ1) is 14.5. The average molecular weight is 425 g/mol. The van der Waals surface area contributed by atoms with E-state index < -0.39 is 0 Å². The lowest BCUT2D eigenvalue weighted by Gasteiger charge is -2.08. The van der Waals surface area contributed by atoms with Crippen molar-refractivity contribution in [2.24, 2.45) is 4.99 Å². The molecule has 0 bridgehead atoms. The van der Waals surface area contributed by atoms with Crippen LogP contribution in [0.4, 0.5) is 11.5 Å². The summed E-state index contributed by atoms with van der Waals surface area (Å²) in [5.41, 5.74) is 2.15. The SMILES string of the molecule is Oc1ccc(Nc2cc(=NC3CC3)n3ncc(=Cc4cc(O)[nH]c4O)c3n2)c(Cl)c1. The summed E-state index contributed by atoms with van der Waals surface area (Å²) in [5.74, 6) is 0.281. The molecule has 0 aliphatic heterocycles. The summed E-state index contributed by atoms with van der Waals surface area (Å²) in [5, 5.41) is 37.6. The lowest BCUT2D eigenvalue weighted by atomic mass is 10.2. The number of aromatic nitrogens is 4. The Bertz CT molecular complexity index is 1390. The second-order valence-electron chi connectivity index (χ2n) is 7.09. The molecule has 9 nitrogen and oxygen atoms in total. The molecule has 0 amide bonds. The maximum Gasteiger partial charge on any atom is 0.198 e. The monoisotopic (exact) mass is 424 g/mol. The molecule has 0 atom stereocenters. The predicted octanol–water partition coefficient (Wildman–Crippen LogP) is 2.18. The number of anilines is 2. The van der Waals surface area contributed by atoms with E-state index in [9.17, 15) is 15.3 Å². The zero-order valence-electron chi connectivity index (χ0n) is 15.5. The highest BCUT2D eigenvalue weighted by molar-refractivity contribution is 6.33. The third-order valence-corrected chi connectivity index (χ3v) is 4.99. The van der Waals surface area contributed by atoms with E-state index in [1.165, 1.54) is 18.2 Å². The second kappa shape index (κ2) is 6.96. The molecule has 1 saturated carbocycles. The van der Waals surface area contributed by atoms with Crippen LogP contribution < -0.4 is 16.0 Å². The number of benzene rings is 1. The van der Waals surface area contributed by atoms with Gasteiger partial charge in [-0.15, -0.1) is 0 Å². The molecule has 3 aromatic heterocycles. The van der Waals surface area contributed by atoms with Crippen molar-refractivity contribution in [2.45, 2.75) is 18.9 Å². The Morgan fingerprint density at radius 3 is 2.73 bits per heavy atom. The Morgan fingerprint density at radius 1 is 1.20 bits per heavy atom. The van der Waals surface area contributed by atoms with E-state index in [4.69, 9.17) is 16.6 Å². The van der Waals surface area contributed by atoms with Gasteiger partial charge in [0.05, 0.1) is 22.9 Å². The van der Waals surface area contributed by atoms with Crippen LogP contribution in [0.2, 0.25) is 5.02 Å². The van der Waals surface area contributed by atoms with Gasteiger partial charge < -0.3 is 20.6 Å². The smallest absolute Gasteiger partial charge is 0.198 e. The first-order valence-corrected chi connectivity index (χ1v) is 9.65. The number of aromatic hydroxyl groups is 3. The van der Waals surface area contributed by atoms with Crippen molar-refractivity contribution in [3.8, 4) is 17.5 Å². The van der Waals surface area contributed by atoms with Crippen molar-refractivity contribution in [2.75, 3.05) is 5.32 Å². The minimum Gasteiger partial charge on any atom is -0.508 e. The number of nitrogens with one attached hydrogen (secondary N) is 2. The zero-order chi connectivity index (χ0) is 20.8. The molecule has 0 spiro atoms. The molecule has 5 rings (SSSR count). The molecule has 5 N–H and O–H groups in total. The summed E-state index contributed by atoms with van der Waals surface area (Å²) in [6.45, 7) is 0. The van der Waals surface area contributed by atoms with Crippen LogP contribution in [0.1, 0.15) is 18.4 Å². The van der Waals surface area contributed by atoms with E-state index >= 15 is 0 Å². The van der Waals surface area contributed by atoms with Gasteiger partial charge in [-0.3, -0.25) is 9.98 Å². The molecule has 0 saturated heterocycles. The van der Waals surface area contributed by atoms with E-state index in [1.54, 1.807) is 28.9 Å². The average Bonchev–Trinajstić information content (AvgIpc) is 3.33. The number of rotatable bonds is 4. The molecular formula is C20H17ClN6O3. The molecule has 4 aromatic rings. The van der Waals surface area contributed by atoms with Gasteiger partial charge in [0.1, 0.15) is 11.6 Å². The highest BCUT2D eigenvalue weighted by Crippen LogP contribution is 2.28. The molecule has 1 aromatic carbocycles. The lowest BCUT2D eigenvalue weighted by Crippen LogP contribution is -2.19. The van der Waals surface area contributed by atoms with Crippen LogP contribution in [-0.4, -0.2) is 40.9 Å². The Hall–Kier alpha value is -3.72. The lowest BCUT2D eigenvalue weighted by molar-refractivity contribution is 0.425. The number of phenolic OH excluding ortho intramolecular Hbond substituents is 1. The molecule has 3 heterocycles. The van der Waals surface area contributed by atoms with E-state index in [2.05, 4.69) is 20.4 Å². The topological polar surface area (TPSA) is 131 Å². The summed E-state index contributed by atoms with van der Waals surface area (Å²) in [4.78, 5) is 11.8. The summed E-state index contributed by atoms with van der Waals surface area (Å²) < 4.78 is 1.64. The quantitative estimate of drug-likeness (QED) is 0.319. The summed E-state index contributed by atoms with van der Waals surface area (Å²) >= 11 is 6.22. The van der Waals surface area contributed by atoms with Crippen LogP contribution in [0.25, 0.3) is 11.7 Å². The molecule has 1 fully saturated rings. The van der Waals surface area contributed by atoms with E-state index in [0.717, 1.165) is 12.8 Å². The predicted molar refractivity (Wildman–Crippen MR) is 111 cm³/mol. The number of aromatic amines is 1. The van der Waals surface area contributed by atoms with E-state index in [0.29, 0.717) is 38.4 Å². The standard InChI is InChI=1S/C20H17ClN6O3/c21-14-7-13(28)3-4-15(14)24-16-8-17(23-12-1-2-12)27-19(25-16)11(9-22-27)5-10-6-18(29)26-20(10)30/h3-9,12,24,26,28-30H,1-2H2. The largest absolute Gasteiger partial charge is 0.508 e. The van der Waals surface area contributed by atoms with Crippen LogP contribution in [0, 0.1) is 0 Å². The molecular weight excluding hydrogens is 408 g/mol. The van der Waals surface area contributed by atoms with Crippen LogP contribution >= 0.6 is 11.6 Å². The molecule has 10 heteroatoms. The van der Waals surface area contributed by atoms with Gasteiger partial charge in [0, 0.05) is 29.0 Å². The summed E-state index contributed by atoms with van der Waals surface area (Å²) in [6, 6.07) is 8.09. The minimum absolute atomic E-state index is 0.0700. The first-order valence-electron chi connectivity index (χ1n) is 9.27. The van der Waals surface area contributed by atoms with Gasteiger partial charge in [-0.2, -0.15) is 9.61 Å². The molecule has 1 aliphatic rings. The van der Waals surface area contributed by atoms with Gasteiger partial charge in [0.25, 0.3) is 0 Å². The van der Waals surface area contributed by atoms with Gasteiger partial charge in [-0.05, 0) is 31.1 Å². The number of nitrogens with zero attached hydrogens (tertiary/aromatic N) is 4. The second-order valence-corrected chi connectivity index (χ2v) is 7.49. The van der Waals surface area contributed by atoms with E-state index in [-0.39, 0.29) is 23.6 Å². The number of H-pyrrole nitrogens is 1. The van der Waals surface area contributed by atoms with Crippen LogP contribution in [-0.2, 0) is 0 Å². The Kier molecular flexibility index (Phi) is 4.25. The maximum atomic E-state index is 9.93. The number of hydrogen-bond donors (Lipinski definition) is 5. The fourth-order valence-corrected chi connectivity index (χ4v) is 3.30. The van der Waals surface area contributed by atoms with Crippen LogP contribution in [0.5, 0.6) is 17.5 Å². The Morgan fingerprint density at radius 2 is 2.03 bits per heavy atom. The van der Waals surface area contributed by atoms with Gasteiger partial charge in [0.2, 0.25) is 0 Å². The van der Waals surface area contributed by atoms with Crippen molar-refractivity contribution in [3.63, 3.8) is 0 Å². The van der Waals surface area contributed by atoms with Crippen molar-refractivity contribution in [1.82, 2.24) is 19.6 Å². The molecule has 0 unspecified atom stereocenters. The summed E-state index contributed by atoms with van der Waals surface area (Å²) in [6.07, 6.45) is 5.36. The minimum atomic E-state index is -0.153. The van der Waals surface area contributed by atoms with Crippen LogP contribution in [0.15, 0.2) is 41.5 Å². The Labute approximate surface area is 174 Å². The van der Waals surface area contributed by atoms with E-state index in [1.807, 2.05) is 0 Å².